The Morgan fingerprint density at radius 1 is 0.447 bits per heavy atom. The largest absolute Gasteiger partial charge is 0.255 e. The summed E-state index contributed by atoms with van der Waals surface area (Å²) >= 11 is 3.65. The van der Waals surface area contributed by atoms with Gasteiger partial charge in [0, 0.05) is 33.7 Å². The van der Waals surface area contributed by atoms with Crippen molar-refractivity contribution in [2.24, 2.45) is 9.98 Å². The zero-order valence-electron chi connectivity index (χ0n) is 21.0. The Morgan fingerprint density at radius 2 is 0.868 bits per heavy atom. The number of para-hydroxylation sites is 2. The standard InChI is InChI=1S/C34H28N2S2/c1-3-12-27(13-4-1)23-35-31-18-7-9-20-33(31)37-25-29-16-11-17-30(22-29)26-38-34-21-10-8-19-32(34)36-24-28-14-5-2-6-15-28/h1-24H,25-26H2. The Labute approximate surface area is 233 Å². The number of nitrogens with zero attached hydrogens (tertiary/aromatic N) is 2. The molecule has 0 unspecified atom stereocenters. The Morgan fingerprint density at radius 3 is 1.34 bits per heavy atom. The first kappa shape index (κ1) is 25.8. The van der Waals surface area contributed by atoms with E-state index < -0.39 is 0 Å². The van der Waals surface area contributed by atoms with Crippen molar-refractivity contribution in [3.05, 3.63) is 156 Å². The minimum absolute atomic E-state index is 0.897. The molecule has 0 bridgehead atoms. The molecular formula is C34H28N2S2. The van der Waals surface area contributed by atoms with Crippen LogP contribution >= 0.6 is 23.5 Å². The molecule has 0 saturated carbocycles. The van der Waals surface area contributed by atoms with Crippen molar-refractivity contribution in [2.75, 3.05) is 0 Å². The van der Waals surface area contributed by atoms with Crippen LogP contribution < -0.4 is 0 Å². The molecule has 0 N–H and O–H groups in total. The second-order valence-electron chi connectivity index (χ2n) is 8.67. The van der Waals surface area contributed by atoms with Gasteiger partial charge in [-0.15, -0.1) is 23.5 Å². The van der Waals surface area contributed by atoms with Gasteiger partial charge in [-0.2, -0.15) is 0 Å². The lowest BCUT2D eigenvalue weighted by atomic mass is 10.2. The molecule has 0 fully saturated rings. The lowest BCUT2D eigenvalue weighted by Crippen LogP contribution is -1.87. The Hall–Kier alpha value is -3.86. The minimum Gasteiger partial charge on any atom is -0.255 e. The molecule has 0 heterocycles. The van der Waals surface area contributed by atoms with Gasteiger partial charge in [0.15, 0.2) is 0 Å². The Kier molecular flexibility index (Phi) is 9.24. The van der Waals surface area contributed by atoms with E-state index in [1.807, 2.05) is 84.5 Å². The summed E-state index contributed by atoms with van der Waals surface area (Å²) in [5, 5.41) is 0. The quantitative estimate of drug-likeness (QED) is 0.133. The summed E-state index contributed by atoms with van der Waals surface area (Å²) in [6.45, 7) is 0. The second kappa shape index (κ2) is 13.6. The highest BCUT2D eigenvalue weighted by Gasteiger charge is 2.05. The van der Waals surface area contributed by atoms with Crippen molar-refractivity contribution in [2.45, 2.75) is 21.3 Å². The van der Waals surface area contributed by atoms with E-state index in [-0.39, 0.29) is 0 Å². The zero-order valence-corrected chi connectivity index (χ0v) is 22.6. The maximum atomic E-state index is 4.75. The first-order valence-electron chi connectivity index (χ1n) is 12.5. The molecule has 0 aromatic heterocycles. The summed E-state index contributed by atoms with van der Waals surface area (Å²) in [6, 6.07) is 46.0. The van der Waals surface area contributed by atoms with Crippen molar-refractivity contribution in [3.63, 3.8) is 0 Å². The molecule has 38 heavy (non-hydrogen) atoms. The highest BCUT2D eigenvalue weighted by atomic mass is 32.2. The van der Waals surface area contributed by atoms with Crippen LogP contribution in [0.4, 0.5) is 11.4 Å². The van der Waals surface area contributed by atoms with Crippen molar-refractivity contribution >= 4 is 47.3 Å². The number of aliphatic imine (C=N–C) groups is 2. The summed E-state index contributed by atoms with van der Waals surface area (Å²) in [6.07, 6.45) is 3.86. The van der Waals surface area contributed by atoms with Gasteiger partial charge in [-0.1, -0.05) is 109 Å². The van der Waals surface area contributed by atoms with Crippen molar-refractivity contribution < 1.29 is 0 Å². The van der Waals surface area contributed by atoms with Gasteiger partial charge in [-0.25, -0.2) is 0 Å². The Balaban J connectivity index is 1.22. The van der Waals surface area contributed by atoms with E-state index in [4.69, 9.17) is 9.98 Å². The number of benzene rings is 5. The van der Waals surface area contributed by atoms with Crippen LogP contribution in [0.25, 0.3) is 0 Å². The van der Waals surface area contributed by atoms with Crippen LogP contribution in [0.1, 0.15) is 22.3 Å². The lowest BCUT2D eigenvalue weighted by Gasteiger charge is -2.09. The third kappa shape index (κ3) is 7.58. The third-order valence-corrected chi connectivity index (χ3v) is 8.08. The van der Waals surface area contributed by atoms with Gasteiger partial charge in [0.05, 0.1) is 11.4 Å². The van der Waals surface area contributed by atoms with Crippen LogP contribution in [0, 0.1) is 0 Å². The SMILES string of the molecule is C(=Nc1ccccc1SCc1cccc(CSc2ccccc2N=Cc2ccccc2)c1)c1ccccc1. The molecule has 0 aliphatic rings. The number of thioether (sulfide) groups is 2. The van der Waals surface area contributed by atoms with E-state index in [1.165, 1.54) is 20.9 Å². The number of hydrogen-bond donors (Lipinski definition) is 0. The Bertz CT molecular complexity index is 1400. The van der Waals surface area contributed by atoms with Gasteiger partial charge >= 0.3 is 0 Å². The summed E-state index contributed by atoms with van der Waals surface area (Å²) in [5.74, 6) is 1.79. The predicted molar refractivity (Wildman–Crippen MR) is 166 cm³/mol. The first-order valence-corrected chi connectivity index (χ1v) is 14.5. The van der Waals surface area contributed by atoms with E-state index in [9.17, 15) is 0 Å². The molecule has 0 aliphatic heterocycles. The number of hydrogen-bond acceptors (Lipinski definition) is 4. The molecule has 0 spiro atoms. The van der Waals surface area contributed by atoms with Crippen molar-refractivity contribution in [1.29, 1.82) is 0 Å². The van der Waals surface area contributed by atoms with E-state index >= 15 is 0 Å². The molecule has 2 nitrogen and oxygen atoms in total. The van der Waals surface area contributed by atoms with E-state index in [2.05, 4.69) is 84.9 Å². The molecular weight excluding hydrogens is 501 g/mol. The van der Waals surface area contributed by atoms with Gasteiger partial charge in [0.1, 0.15) is 0 Å². The molecule has 186 valence electrons. The molecule has 4 heteroatoms. The van der Waals surface area contributed by atoms with Crippen LogP contribution in [-0.4, -0.2) is 12.4 Å². The average molecular weight is 529 g/mol. The maximum Gasteiger partial charge on any atom is 0.0765 e. The fraction of sp³-hybridized carbons (Fsp3) is 0.0588. The molecule has 5 rings (SSSR count). The molecule has 0 amide bonds. The molecule has 0 aliphatic carbocycles. The van der Waals surface area contributed by atoms with Gasteiger partial charge in [0.25, 0.3) is 0 Å². The number of rotatable bonds is 10. The summed E-state index contributed by atoms with van der Waals surface area (Å²) < 4.78 is 0. The van der Waals surface area contributed by atoms with Crippen LogP contribution in [0.15, 0.2) is 153 Å². The van der Waals surface area contributed by atoms with Crippen LogP contribution in [-0.2, 0) is 11.5 Å². The van der Waals surface area contributed by atoms with E-state index in [0.717, 1.165) is 34.0 Å². The molecule has 0 atom stereocenters. The first-order chi connectivity index (χ1) is 18.8. The van der Waals surface area contributed by atoms with Gasteiger partial charge in [-0.05, 0) is 46.5 Å². The van der Waals surface area contributed by atoms with Crippen molar-refractivity contribution in [1.82, 2.24) is 0 Å². The third-order valence-electron chi connectivity index (χ3n) is 5.82. The maximum absolute atomic E-state index is 4.75. The zero-order chi connectivity index (χ0) is 25.8. The van der Waals surface area contributed by atoms with Crippen LogP contribution in [0.3, 0.4) is 0 Å². The minimum atomic E-state index is 0.897. The fourth-order valence-corrected chi connectivity index (χ4v) is 5.76. The summed E-state index contributed by atoms with van der Waals surface area (Å²) in [5.41, 5.74) is 6.83. The van der Waals surface area contributed by atoms with Crippen LogP contribution in [0.5, 0.6) is 0 Å². The van der Waals surface area contributed by atoms with Gasteiger partial charge in [0.2, 0.25) is 0 Å². The fourth-order valence-electron chi connectivity index (χ4n) is 3.87. The van der Waals surface area contributed by atoms with Crippen LogP contribution in [0.2, 0.25) is 0 Å². The predicted octanol–water partition coefficient (Wildman–Crippen LogP) is 9.77. The molecule has 0 saturated heterocycles. The van der Waals surface area contributed by atoms with Gasteiger partial charge < -0.3 is 0 Å². The smallest absolute Gasteiger partial charge is 0.0765 e. The van der Waals surface area contributed by atoms with Gasteiger partial charge in [-0.3, -0.25) is 9.98 Å². The monoisotopic (exact) mass is 528 g/mol. The average Bonchev–Trinajstić information content (AvgIpc) is 2.99. The molecule has 0 radical (unpaired) electrons. The lowest BCUT2D eigenvalue weighted by molar-refractivity contribution is 1.30. The summed E-state index contributed by atoms with van der Waals surface area (Å²) in [7, 11) is 0. The highest BCUT2D eigenvalue weighted by Crippen LogP contribution is 2.34. The highest BCUT2D eigenvalue weighted by molar-refractivity contribution is 7.99. The normalized spacial score (nSPS) is 11.4. The second-order valence-corrected chi connectivity index (χ2v) is 10.7. The molecule has 5 aromatic carbocycles. The van der Waals surface area contributed by atoms with E-state index in [1.54, 1.807) is 0 Å². The topological polar surface area (TPSA) is 24.7 Å². The van der Waals surface area contributed by atoms with Crippen molar-refractivity contribution in [3.8, 4) is 0 Å². The summed E-state index contributed by atoms with van der Waals surface area (Å²) in [4.78, 5) is 11.9. The molecule has 5 aromatic rings. The van der Waals surface area contributed by atoms with E-state index in [0.29, 0.717) is 0 Å².